The van der Waals surface area contributed by atoms with Crippen LogP contribution in [0, 0.1) is 0 Å². The Bertz CT molecular complexity index is 232. The number of fused-ring (bicyclic) bond motifs is 1. The van der Waals surface area contributed by atoms with Crippen LogP contribution in [0.2, 0.25) is 0 Å². The molecule has 0 aliphatic heterocycles. The summed E-state index contributed by atoms with van der Waals surface area (Å²) in [6.45, 7) is 0. The van der Waals surface area contributed by atoms with Crippen molar-refractivity contribution in [1.29, 1.82) is 0 Å². The lowest BCUT2D eigenvalue weighted by molar-refractivity contribution is 0.554. The molecule has 0 saturated carbocycles. The number of nitrogens with two attached hydrogens (primary N) is 1. The maximum atomic E-state index is 5.36. The summed E-state index contributed by atoms with van der Waals surface area (Å²) in [4.78, 5) is 0. The van der Waals surface area contributed by atoms with Gasteiger partial charge in [0.2, 0.25) is 0 Å². The van der Waals surface area contributed by atoms with Gasteiger partial charge in [-0.1, -0.05) is 24.3 Å². The van der Waals surface area contributed by atoms with Gasteiger partial charge in [-0.25, -0.2) is 0 Å². The average Bonchev–Trinajstić information content (AvgIpc) is 2.46. The Balaban J connectivity index is 2.27. The SMILES string of the molecule is NNC1Cc2ccccc2C1. The van der Waals surface area contributed by atoms with E-state index in [1.807, 2.05) is 0 Å². The smallest absolute Gasteiger partial charge is 0.0291 e. The Labute approximate surface area is 66.4 Å². The van der Waals surface area contributed by atoms with E-state index in [2.05, 4.69) is 29.7 Å². The molecule has 0 amide bonds. The van der Waals surface area contributed by atoms with E-state index in [-0.39, 0.29) is 0 Å². The summed E-state index contributed by atoms with van der Waals surface area (Å²) in [6, 6.07) is 8.96. The molecule has 0 atom stereocenters. The quantitative estimate of drug-likeness (QED) is 0.452. The van der Waals surface area contributed by atoms with Gasteiger partial charge in [0.25, 0.3) is 0 Å². The van der Waals surface area contributed by atoms with Crippen LogP contribution < -0.4 is 11.3 Å². The highest BCUT2D eigenvalue weighted by atomic mass is 15.2. The molecule has 2 heteroatoms. The van der Waals surface area contributed by atoms with Crippen LogP contribution in [0.5, 0.6) is 0 Å². The molecule has 0 bridgehead atoms. The zero-order chi connectivity index (χ0) is 7.68. The number of hydrogen-bond acceptors (Lipinski definition) is 2. The first-order chi connectivity index (χ1) is 5.40. The van der Waals surface area contributed by atoms with Crippen LogP contribution in [0.1, 0.15) is 11.1 Å². The molecule has 0 spiro atoms. The first-order valence-electron chi connectivity index (χ1n) is 3.93. The van der Waals surface area contributed by atoms with E-state index < -0.39 is 0 Å². The summed E-state index contributed by atoms with van der Waals surface area (Å²) in [5, 5.41) is 0. The minimum atomic E-state index is 0.451. The third-order valence-corrected chi connectivity index (χ3v) is 2.29. The monoisotopic (exact) mass is 148 g/mol. The van der Waals surface area contributed by atoms with Crippen molar-refractivity contribution >= 4 is 0 Å². The van der Waals surface area contributed by atoms with Crippen LogP contribution in [0.3, 0.4) is 0 Å². The Kier molecular flexibility index (Phi) is 1.64. The van der Waals surface area contributed by atoms with E-state index in [0.29, 0.717) is 6.04 Å². The second-order valence-corrected chi connectivity index (χ2v) is 3.04. The van der Waals surface area contributed by atoms with Crippen molar-refractivity contribution in [3.8, 4) is 0 Å². The normalized spacial score (nSPS) is 16.8. The molecule has 0 saturated heterocycles. The zero-order valence-corrected chi connectivity index (χ0v) is 6.38. The highest BCUT2D eigenvalue weighted by Crippen LogP contribution is 2.20. The maximum absolute atomic E-state index is 5.36. The fraction of sp³-hybridized carbons (Fsp3) is 0.333. The first kappa shape index (κ1) is 6.83. The van der Waals surface area contributed by atoms with Crippen molar-refractivity contribution in [3.63, 3.8) is 0 Å². The Morgan fingerprint density at radius 2 is 1.73 bits per heavy atom. The van der Waals surface area contributed by atoms with Crippen molar-refractivity contribution < 1.29 is 0 Å². The molecular formula is C9H12N2. The van der Waals surface area contributed by atoms with Crippen LogP contribution in [0.15, 0.2) is 24.3 Å². The predicted molar refractivity (Wildman–Crippen MR) is 45.0 cm³/mol. The van der Waals surface area contributed by atoms with Gasteiger partial charge in [0, 0.05) is 6.04 Å². The molecule has 1 aliphatic carbocycles. The minimum Gasteiger partial charge on any atom is -0.271 e. The van der Waals surface area contributed by atoms with E-state index in [0.717, 1.165) is 12.8 Å². The van der Waals surface area contributed by atoms with E-state index in [1.54, 1.807) is 0 Å². The summed E-state index contributed by atoms with van der Waals surface area (Å²) in [5.41, 5.74) is 5.69. The molecule has 0 heterocycles. The Hall–Kier alpha value is -0.860. The lowest BCUT2D eigenvalue weighted by Crippen LogP contribution is -2.35. The first-order valence-corrected chi connectivity index (χ1v) is 3.93. The summed E-state index contributed by atoms with van der Waals surface area (Å²) in [5.74, 6) is 5.36. The van der Waals surface area contributed by atoms with Crippen molar-refractivity contribution in [3.05, 3.63) is 35.4 Å². The third kappa shape index (κ3) is 1.15. The number of rotatable bonds is 1. The van der Waals surface area contributed by atoms with Gasteiger partial charge in [0.05, 0.1) is 0 Å². The highest BCUT2D eigenvalue weighted by Gasteiger charge is 2.18. The van der Waals surface area contributed by atoms with Gasteiger partial charge in [-0.3, -0.25) is 11.3 Å². The second-order valence-electron chi connectivity index (χ2n) is 3.04. The van der Waals surface area contributed by atoms with Gasteiger partial charge >= 0.3 is 0 Å². The van der Waals surface area contributed by atoms with E-state index >= 15 is 0 Å². The van der Waals surface area contributed by atoms with Crippen LogP contribution >= 0.6 is 0 Å². The fourth-order valence-corrected chi connectivity index (χ4v) is 1.68. The molecule has 0 unspecified atom stereocenters. The molecule has 58 valence electrons. The van der Waals surface area contributed by atoms with Gasteiger partial charge in [-0.05, 0) is 24.0 Å². The largest absolute Gasteiger partial charge is 0.271 e. The summed E-state index contributed by atoms with van der Waals surface area (Å²) in [7, 11) is 0. The maximum Gasteiger partial charge on any atom is 0.0291 e. The van der Waals surface area contributed by atoms with Crippen LogP contribution in [0.25, 0.3) is 0 Å². The standard InChI is InChI=1S/C9H12N2/c10-11-9-5-7-3-1-2-4-8(7)6-9/h1-4,9,11H,5-6,10H2. The van der Waals surface area contributed by atoms with E-state index in [9.17, 15) is 0 Å². The van der Waals surface area contributed by atoms with Gasteiger partial charge in [0.15, 0.2) is 0 Å². The zero-order valence-electron chi connectivity index (χ0n) is 6.38. The minimum absolute atomic E-state index is 0.451. The van der Waals surface area contributed by atoms with E-state index in [1.165, 1.54) is 11.1 Å². The number of nitrogens with one attached hydrogen (secondary N) is 1. The molecule has 11 heavy (non-hydrogen) atoms. The molecule has 1 aliphatic rings. The lowest BCUT2D eigenvalue weighted by atomic mass is 10.1. The lowest BCUT2D eigenvalue weighted by Gasteiger charge is -2.03. The third-order valence-electron chi connectivity index (χ3n) is 2.29. The van der Waals surface area contributed by atoms with Crippen molar-refractivity contribution in [1.82, 2.24) is 5.43 Å². The van der Waals surface area contributed by atoms with Gasteiger partial charge in [-0.2, -0.15) is 0 Å². The fourth-order valence-electron chi connectivity index (χ4n) is 1.68. The van der Waals surface area contributed by atoms with Gasteiger partial charge in [0.1, 0.15) is 0 Å². The van der Waals surface area contributed by atoms with Crippen molar-refractivity contribution in [2.24, 2.45) is 5.84 Å². The van der Waals surface area contributed by atoms with Crippen molar-refractivity contribution in [2.45, 2.75) is 18.9 Å². The molecule has 2 rings (SSSR count). The Morgan fingerprint density at radius 1 is 1.18 bits per heavy atom. The molecule has 3 N–H and O–H groups in total. The topological polar surface area (TPSA) is 38.0 Å². The van der Waals surface area contributed by atoms with Gasteiger partial charge < -0.3 is 0 Å². The van der Waals surface area contributed by atoms with Crippen LogP contribution in [0.4, 0.5) is 0 Å². The number of benzene rings is 1. The molecule has 1 aromatic rings. The van der Waals surface area contributed by atoms with Crippen LogP contribution in [-0.4, -0.2) is 6.04 Å². The molecule has 1 aromatic carbocycles. The second kappa shape index (κ2) is 2.64. The van der Waals surface area contributed by atoms with Crippen molar-refractivity contribution in [2.75, 3.05) is 0 Å². The molecule has 2 nitrogen and oxygen atoms in total. The molecule has 0 aromatic heterocycles. The van der Waals surface area contributed by atoms with Gasteiger partial charge in [-0.15, -0.1) is 0 Å². The molecule has 0 radical (unpaired) electrons. The highest BCUT2D eigenvalue weighted by molar-refractivity contribution is 5.33. The summed E-state index contributed by atoms with van der Waals surface area (Å²) >= 11 is 0. The van der Waals surface area contributed by atoms with Crippen LogP contribution in [-0.2, 0) is 12.8 Å². The average molecular weight is 148 g/mol. The van der Waals surface area contributed by atoms with E-state index in [4.69, 9.17) is 5.84 Å². The molecule has 0 fully saturated rings. The summed E-state index contributed by atoms with van der Waals surface area (Å²) < 4.78 is 0. The molecular weight excluding hydrogens is 136 g/mol. The Morgan fingerprint density at radius 3 is 2.18 bits per heavy atom. The summed E-state index contributed by atoms with van der Waals surface area (Å²) in [6.07, 6.45) is 2.15. The number of hydrogen-bond donors (Lipinski definition) is 2. The predicted octanol–water partition coefficient (Wildman–Crippen LogP) is 0.617. The number of hydrazine groups is 1.